The summed E-state index contributed by atoms with van der Waals surface area (Å²) in [7, 11) is 0. The van der Waals surface area contributed by atoms with E-state index in [0.29, 0.717) is 54.4 Å². The third-order valence-electron chi connectivity index (χ3n) is 7.18. The predicted octanol–water partition coefficient (Wildman–Crippen LogP) is 4.95. The fourth-order valence-electron chi connectivity index (χ4n) is 5.23. The molecule has 2 aromatic heterocycles. The average Bonchev–Trinajstić information content (AvgIpc) is 3.20. The van der Waals surface area contributed by atoms with E-state index in [1.54, 1.807) is 6.20 Å². The van der Waals surface area contributed by atoms with Gasteiger partial charge in [-0.2, -0.15) is 4.98 Å². The van der Waals surface area contributed by atoms with Gasteiger partial charge in [0, 0.05) is 12.0 Å². The summed E-state index contributed by atoms with van der Waals surface area (Å²) in [5.41, 5.74) is 7.02. The van der Waals surface area contributed by atoms with E-state index in [4.69, 9.17) is 38.9 Å². The van der Waals surface area contributed by atoms with Crippen LogP contribution in [0, 0.1) is 11.7 Å². The van der Waals surface area contributed by atoms with Crippen molar-refractivity contribution >= 4 is 57.9 Å². The van der Waals surface area contributed by atoms with Gasteiger partial charge in [0.25, 0.3) is 0 Å². The van der Waals surface area contributed by atoms with Crippen LogP contribution in [0.25, 0.3) is 11.2 Å². The highest BCUT2D eigenvalue weighted by Gasteiger charge is 2.30. The Labute approximate surface area is 217 Å². The number of hydrogen-bond donors (Lipinski definition) is 4. The molecule has 2 aliphatic carbocycles. The highest BCUT2D eigenvalue weighted by Crippen LogP contribution is 2.39. The lowest BCUT2D eigenvalue weighted by atomic mass is 9.85. The Kier molecular flexibility index (Phi) is 7.18. The van der Waals surface area contributed by atoms with Gasteiger partial charge < -0.3 is 21.5 Å². The summed E-state index contributed by atoms with van der Waals surface area (Å²) >= 11 is 12.6. The van der Waals surface area contributed by atoms with Crippen molar-refractivity contribution in [3.8, 4) is 0 Å². The summed E-state index contributed by atoms with van der Waals surface area (Å²) in [6.07, 6.45) is 7.51. The molecular weight excluding hydrogens is 508 g/mol. The van der Waals surface area contributed by atoms with Crippen LogP contribution in [-0.4, -0.2) is 42.7 Å². The van der Waals surface area contributed by atoms with Crippen molar-refractivity contribution < 1.29 is 14.3 Å². The van der Waals surface area contributed by atoms with Crippen LogP contribution in [0.2, 0.25) is 10.0 Å². The van der Waals surface area contributed by atoms with Gasteiger partial charge in [-0.15, -0.1) is 0 Å². The zero-order valence-corrected chi connectivity index (χ0v) is 21.1. The molecule has 5 rings (SSSR count). The molecule has 2 unspecified atom stereocenters. The lowest BCUT2D eigenvalue weighted by Crippen LogP contribution is -2.36. The minimum Gasteiger partial charge on any atom is -0.391 e. The molecule has 2 fully saturated rings. The molecule has 9 nitrogen and oxygen atoms in total. The summed E-state index contributed by atoms with van der Waals surface area (Å²) < 4.78 is 15.7. The molecule has 192 valence electrons. The third-order valence-corrected chi connectivity index (χ3v) is 7.78. The molecule has 0 spiro atoms. The van der Waals surface area contributed by atoms with Crippen LogP contribution in [0.15, 0.2) is 18.3 Å². The first-order chi connectivity index (χ1) is 17.3. The number of fused-ring (bicyclic) bond motifs is 1. The van der Waals surface area contributed by atoms with Crippen LogP contribution in [0.3, 0.4) is 0 Å². The van der Waals surface area contributed by atoms with Crippen molar-refractivity contribution in [3.63, 3.8) is 0 Å². The van der Waals surface area contributed by atoms with Crippen molar-refractivity contribution in [1.29, 1.82) is 0 Å². The lowest BCUT2D eigenvalue weighted by molar-refractivity contribution is -0.122. The quantitative estimate of drug-likeness (QED) is 0.351. The summed E-state index contributed by atoms with van der Waals surface area (Å²) in [4.78, 5) is 25.6. The van der Waals surface area contributed by atoms with Gasteiger partial charge in [0.05, 0.1) is 34.1 Å². The number of imidazole rings is 1. The standard InChI is InChI=1S/C24H28Cl2FN7O2/c25-15-9-13(27)10-16(26)20(15)32-24-31-18-11-29-23(30-17-3-1-2-4-19(17)35)33-22(18)34(24)14-7-5-12(6-8-14)21(28)36/h9-12,14,17,19,35H,1-8H2,(H2,28,36)(H,31,32)(H,29,30,33). The molecule has 12 heteroatoms. The van der Waals surface area contributed by atoms with E-state index >= 15 is 0 Å². The van der Waals surface area contributed by atoms with Gasteiger partial charge in [-0.1, -0.05) is 36.0 Å². The number of anilines is 3. The Morgan fingerprint density at radius 1 is 1.08 bits per heavy atom. The van der Waals surface area contributed by atoms with Gasteiger partial charge in [0.1, 0.15) is 11.3 Å². The number of aromatic nitrogens is 4. The molecule has 1 aromatic carbocycles. The third kappa shape index (κ3) is 5.07. The molecule has 2 saturated carbocycles. The van der Waals surface area contributed by atoms with Crippen molar-refractivity contribution in [2.24, 2.45) is 11.7 Å². The fraction of sp³-hybridized carbons (Fsp3) is 0.500. The number of carbonyl (C=O) groups excluding carboxylic acids is 1. The molecule has 3 aromatic rings. The Morgan fingerprint density at radius 2 is 1.78 bits per heavy atom. The first-order valence-electron chi connectivity index (χ1n) is 12.2. The van der Waals surface area contributed by atoms with E-state index in [1.807, 2.05) is 4.57 Å². The minimum absolute atomic E-state index is 0.0193. The minimum atomic E-state index is -0.541. The smallest absolute Gasteiger partial charge is 0.225 e. The molecule has 2 aliphatic rings. The number of rotatable bonds is 6. The number of primary amides is 1. The number of nitrogens with one attached hydrogen (secondary N) is 2. The highest BCUT2D eigenvalue weighted by molar-refractivity contribution is 6.39. The Morgan fingerprint density at radius 3 is 2.44 bits per heavy atom. The fourth-order valence-corrected chi connectivity index (χ4v) is 5.79. The van der Waals surface area contributed by atoms with Crippen LogP contribution < -0.4 is 16.4 Å². The van der Waals surface area contributed by atoms with Gasteiger partial charge >= 0.3 is 0 Å². The van der Waals surface area contributed by atoms with Gasteiger partial charge in [-0.3, -0.25) is 9.36 Å². The van der Waals surface area contributed by atoms with Crippen LogP contribution in [0.4, 0.5) is 22.0 Å². The van der Waals surface area contributed by atoms with Gasteiger partial charge in [0.15, 0.2) is 5.65 Å². The second kappa shape index (κ2) is 10.4. The number of benzene rings is 1. The Bertz CT molecular complexity index is 1260. The molecular formula is C24H28Cl2FN7O2. The van der Waals surface area contributed by atoms with E-state index in [1.165, 1.54) is 12.1 Å². The van der Waals surface area contributed by atoms with Crippen LogP contribution in [-0.2, 0) is 4.79 Å². The van der Waals surface area contributed by atoms with Crippen molar-refractivity contribution in [3.05, 3.63) is 34.2 Å². The molecule has 0 saturated heterocycles. The first-order valence-corrected chi connectivity index (χ1v) is 13.0. The number of amides is 1. The topological polar surface area (TPSA) is 131 Å². The largest absolute Gasteiger partial charge is 0.391 e. The number of nitrogens with zero attached hydrogens (tertiary/aromatic N) is 4. The average molecular weight is 536 g/mol. The Hall–Kier alpha value is -2.69. The first kappa shape index (κ1) is 25.0. The number of halogens is 3. The van der Waals surface area contributed by atoms with Crippen molar-refractivity contribution in [1.82, 2.24) is 19.5 Å². The molecule has 2 atom stereocenters. The summed E-state index contributed by atoms with van der Waals surface area (Å²) in [6.45, 7) is 0. The van der Waals surface area contributed by atoms with E-state index in [0.717, 1.165) is 25.7 Å². The molecule has 0 bridgehead atoms. The SMILES string of the molecule is NC(=O)C1CCC(n2c(Nc3c(Cl)cc(F)cc3Cl)nc3cnc(NC4CCCCC4O)nc32)CC1. The maximum atomic E-state index is 13.8. The molecule has 36 heavy (non-hydrogen) atoms. The van der Waals surface area contributed by atoms with Crippen LogP contribution in [0.1, 0.15) is 57.4 Å². The van der Waals surface area contributed by atoms with E-state index in [-0.39, 0.29) is 34.0 Å². The van der Waals surface area contributed by atoms with E-state index in [9.17, 15) is 14.3 Å². The highest BCUT2D eigenvalue weighted by atomic mass is 35.5. The zero-order valence-electron chi connectivity index (χ0n) is 19.6. The number of nitrogens with two attached hydrogens (primary N) is 1. The van der Waals surface area contributed by atoms with Crippen LogP contribution >= 0.6 is 23.2 Å². The molecule has 5 N–H and O–H groups in total. The van der Waals surface area contributed by atoms with Gasteiger partial charge in [-0.05, 0) is 50.7 Å². The Balaban J connectivity index is 1.53. The summed E-state index contributed by atoms with van der Waals surface area (Å²) in [5, 5.41) is 17.1. The number of carbonyl (C=O) groups is 1. The maximum absolute atomic E-state index is 13.8. The zero-order chi connectivity index (χ0) is 25.4. The van der Waals surface area contributed by atoms with Crippen molar-refractivity contribution in [2.75, 3.05) is 10.6 Å². The molecule has 0 radical (unpaired) electrons. The molecule has 1 amide bonds. The second-order valence-electron chi connectivity index (χ2n) is 9.59. The molecule has 2 heterocycles. The lowest BCUT2D eigenvalue weighted by Gasteiger charge is -2.29. The van der Waals surface area contributed by atoms with Crippen LogP contribution in [0.5, 0.6) is 0 Å². The summed E-state index contributed by atoms with van der Waals surface area (Å²) in [5.74, 6) is -0.141. The summed E-state index contributed by atoms with van der Waals surface area (Å²) in [6, 6.07) is 2.22. The van der Waals surface area contributed by atoms with E-state index < -0.39 is 11.9 Å². The van der Waals surface area contributed by atoms with Crippen molar-refractivity contribution in [2.45, 2.75) is 69.6 Å². The van der Waals surface area contributed by atoms with Gasteiger partial charge in [0.2, 0.25) is 17.8 Å². The normalized spacial score (nSPS) is 24.6. The number of aliphatic hydroxyl groups excluding tert-OH is 1. The predicted molar refractivity (Wildman–Crippen MR) is 137 cm³/mol. The monoisotopic (exact) mass is 535 g/mol. The number of aliphatic hydroxyl groups is 1. The van der Waals surface area contributed by atoms with Gasteiger partial charge in [-0.25, -0.2) is 14.4 Å². The van der Waals surface area contributed by atoms with E-state index in [2.05, 4.69) is 15.6 Å². The number of hydrogen-bond acceptors (Lipinski definition) is 7. The second-order valence-corrected chi connectivity index (χ2v) is 10.4. The maximum Gasteiger partial charge on any atom is 0.225 e. The molecule has 0 aliphatic heterocycles.